The molecular formula is C17H26N4O2. The van der Waals surface area contributed by atoms with E-state index in [1.54, 1.807) is 6.20 Å². The van der Waals surface area contributed by atoms with Crippen molar-refractivity contribution in [2.75, 3.05) is 45.2 Å². The van der Waals surface area contributed by atoms with Crippen molar-refractivity contribution >= 4 is 11.7 Å². The highest BCUT2D eigenvalue weighted by atomic mass is 16.5. The molecule has 2 amide bonds. The van der Waals surface area contributed by atoms with Gasteiger partial charge in [0.25, 0.3) is 0 Å². The summed E-state index contributed by atoms with van der Waals surface area (Å²) in [4.78, 5) is 20.7. The highest BCUT2D eigenvalue weighted by Crippen LogP contribution is 2.29. The molecule has 126 valence electrons. The highest BCUT2D eigenvalue weighted by molar-refractivity contribution is 5.89. The van der Waals surface area contributed by atoms with E-state index < -0.39 is 0 Å². The van der Waals surface area contributed by atoms with Gasteiger partial charge in [0.15, 0.2) is 0 Å². The molecule has 1 aliphatic heterocycles. The summed E-state index contributed by atoms with van der Waals surface area (Å²) >= 11 is 0. The van der Waals surface area contributed by atoms with Crippen LogP contribution in [-0.4, -0.2) is 66.8 Å². The fraction of sp³-hybridized carbons (Fsp3) is 0.647. The van der Waals surface area contributed by atoms with Crippen LogP contribution in [0, 0.1) is 12.8 Å². The number of nitrogens with one attached hydrogen (secondary N) is 1. The minimum absolute atomic E-state index is 0.0752. The molecule has 1 aliphatic carbocycles. The van der Waals surface area contributed by atoms with Crippen molar-refractivity contribution in [2.45, 2.75) is 25.9 Å². The monoisotopic (exact) mass is 318 g/mol. The van der Waals surface area contributed by atoms with Gasteiger partial charge in [0.2, 0.25) is 0 Å². The van der Waals surface area contributed by atoms with Crippen LogP contribution in [0.4, 0.5) is 10.5 Å². The van der Waals surface area contributed by atoms with Crippen LogP contribution in [-0.2, 0) is 4.74 Å². The quantitative estimate of drug-likeness (QED) is 0.902. The van der Waals surface area contributed by atoms with Crippen molar-refractivity contribution < 1.29 is 9.53 Å². The molecule has 1 saturated heterocycles. The number of anilines is 1. The van der Waals surface area contributed by atoms with Crippen LogP contribution in [0.5, 0.6) is 0 Å². The summed E-state index contributed by atoms with van der Waals surface area (Å²) in [5.74, 6) is 0.872. The lowest BCUT2D eigenvalue weighted by atomic mass is 10.2. The Labute approximate surface area is 137 Å². The number of carbonyl (C=O) groups excluding carboxylic acids is 1. The fourth-order valence-corrected chi connectivity index (χ4v) is 2.92. The molecule has 0 bridgehead atoms. The van der Waals surface area contributed by atoms with Gasteiger partial charge in [-0.1, -0.05) is 0 Å². The number of amides is 2. The number of urea groups is 1. The predicted octanol–water partition coefficient (Wildman–Crippen LogP) is 1.96. The smallest absolute Gasteiger partial charge is 0.322 e. The van der Waals surface area contributed by atoms with E-state index in [9.17, 15) is 4.79 Å². The third-order valence-corrected chi connectivity index (χ3v) is 4.37. The number of hydrogen-bond acceptors (Lipinski definition) is 4. The van der Waals surface area contributed by atoms with Crippen LogP contribution in [0.3, 0.4) is 0 Å². The zero-order valence-corrected chi connectivity index (χ0v) is 14.0. The van der Waals surface area contributed by atoms with Gasteiger partial charge in [-0.15, -0.1) is 0 Å². The van der Waals surface area contributed by atoms with Crippen LogP contribution in [0.25, 0.3) is 0 Å². The van der Waals surface area contributed by atoms with Gasteiger partial charge in [0.05, 0.1) is 24.6 Å². The number of hydrogen-bond donors (Lipinski definition) is 1. The Morgan fingerprint density at radius 2 is 2.26 bits per heavy atom. The van der Waals surface area contributed by atoms with Crippen molar-refractivity contribution in [2.24, 2.45) is 5.92 Å². The summed E-state index contributed by atoms with van der Waals surface area (Å²) in [6.45, 7) is 5.82. The molecule has 2 aliphatic rings. The van der Waals surface area contributed by atoms with Gasteiger partial charge in [-0.05, 0) is 44.9 Å². The number of rotatable bonds is 5. The standard InChI is InChI=1S/C17H26N4O2/c1-13-3-6-15(9-18-13)19-17(22)21-7-8-23-16(12-21)11-20(2)10-14-4-5-14/h3,6,9,14,16H,4-5,7-8,10-12H2,1-2H3,(H,19,22). The Bertz CT molecular complexity index is 530. The molecule has 2 fully saturated rings. The fourth-order valence-electron chi connectivity index (χ4n) is 2.92. The van der Waals surface area contributed by atoms with Crippen LogP contribution >= 0.6 is 0 Å². The third-order valence-electron chi connectivity index (χ3n) is 4.37. The van der Waals surface area contributed by atoms with E-state index in [0.717, 1.165) is 30.4 Å². The minimum Gasteiger partial charge on any atom is -0.373 e. The Hall–Kier alpha value is -1.66. The summed E-state index contributed by atoms with van der Waals surface area (Å²) in [7, 11) is 2.14. The molecular weight excluding hydrogens is 292 g/mol. The molecule has 23 heavy (non-hydrogen) atoms. The molecule has 1 aromatic heterocycles. The van der Waals surface area contributed by atoms with Gasteiger partial charge in [-0.3, -0.25) is 4.98 Å². The third kappa shape index (κ3) is 4.91. The molecule has 0 aromatic carbocycles. The number of likely N-dealkylation sites (N-methyl/N-ethyl adjacent to an activating group) is 1. The first kappa shape index (κ1) is 16.2. The van der Waals surface area contributed by atoms with E-state index in [1.807, 2.05) is 24.0 Å². The summed E-state index contributed by atoms with van der Waals surface area (Å²) in [5.41, 5.74) is 1.67. The summed E-state index contributed by atoms with van der Waals surface area (Å²) in [6.07, 6.45) is 4.49. The summed E-state index contributed by atoms with van der Waals surface area (Å²) in [6, 6.07) is 3.69. The SMILES string of the molecule is Cc1ccc(NC(=O)N2CCOC(CN(C)CC3CC3)C2)cn1. The van der Waals surface area contributed by atoms with Crippen molar-refractivity contribution in [1.82, 2.24) is 14.8 Å². The number of ether oxygens (including phenoxy) is 1. The van der Waals surface area contributed by atoms with E-state index >= 15 is 0 Å². The first-order chi connectivity index (χ1) is 11.1. The molecule has 1 atom stereocenters. The van der Waals surface area contributed by atoms with E-state index in [2.05, 4.69) is 22.2 Å². The maximum absolute atomic E-state index is 12.4. The van der Waals surface area contributed by atoms with E-state index in [4.69, 9.17) is 4.74 Å². The van der Waals surface area contributed by atoms with Gasteiger partial charge in [-0.25, -0.2) is 4.79 Å². The first-order valence-electron chi connectivity index (χ1n) is 8.39. The maximum Gasteiger partial charge on any atom is 0.322 e. The van der Waals surface area contributed by atoms with Crippen molar-refractivity contribution in [3.05, 3.63) is 24.0 Å². The van der Waals surface area contributed by atoms with Crippen molar-refractivity contribution in [3.63, 3.8) is 0 Å². The highest BCUT2D eigenvalue weighted by Gasteiger charge is 2.27. The van der Waals surface area contributed by atoms with Gasteiger partial charge < -0.3 is 19.9 Å². The summed E-state index contributed by atoms with van der Waals surface area (Å²) < 4.78 is 5.82. The Morgan fingerprint density at radius 3 is 2.96 bits per heavy atom. The van der Waals surface area contributed by atoms with E-state index in [0.29, 0.717) is 19.7 Å². The molecule has 6 nitrogen and oxygen atoms in total. The second-order valence-electron chi connectivity index (χ2n) is 6.72. The average molecular weight is 318 g/mol. The molecule has 1 unspecified atom stereocenters. The van der Waals surface area contributed by atoms with Crippen LogP contribution < -0.4 is 5.32 Å². The molecule has 0 radical (unpaired) electrons. The van der Waals surface area contributed by atoms with Crippen LogP contribution in [0.2, 0.25) is 0 Å². The molecule has 0 spiro atoms. The average Bonchev–Trinajstić information content (AvgIpc) is 3.33. The molecule has 1 aromatic rings. The van der Waals surface area contributed by atoms with E-state index in [-0.39, 0.29) is 12.1 Å². The number of pyridine rings is 1. The van der Waals surface area contributed by atoms with Crippen molar-refractivity contribution in [3.8, 4) is 0 Å². The predicted molar refractivity (Wildman–Crippen MR) is 89.5 cm³/mol. The molecule has 1 N–H and O–H groups in total. The van der Waals surface area contributed by atoms with Gasteiger partial charge in [0, 0.05) is 31.9 Å². The zero-order chi connectivity index (χ0) is 16.2. The van der Waals surface area contributed by atoms with Crippen LogP contribution in [0.15, 0.2) is 18.3 Å². The Balaban J connectivity index is 1.48. The molecule has 2 heterocycles. The number of aryl methyl sites for hydroxylation is 1. The molecule has 3 rings (SSSR count). The Kier molecular flexibility index (Phi) is 5.13. The minimum atomic E-state index is -0.0752. The van der Waals surface area contributed by atoms with Gasteiger partial charge in [0.1, 0.15) is 0 Å². The normalized spacial score (nSPS) is 21.5. The van der Waals surface area contributed by atoms with E-state index in [1.165, 1.54) is 12.8 Å². The van der Waals surface area contributed by atoms with Crippen molar-refractivity contribution in [1.29, 1.82) is 0 Å². The lowest BCUT2D eigenvalue weighted by Crippen LogP contribution is -2.50. The molecule has 1 saturated carbocycles. The lowest BCUT2D eigenvalue weighted by Gasteiger charge is -2.34. The second kappa shape index (κ2) is 7.27. The number of aromatic nitrogens is 1. The second-order valence-corrected chi connectivity index (χ2v) is 6.72. The number of nitrogens with zero attached hydrogens (tertiary/aromatic N) is 3. The Morgan fingerprint density at radius 1 is 1.43 bits per heavy atom. The lowest BCUT2D eigenvalue weighted by molar-refractivity contribution is -0.0261. The molecule has 6 heteroatoms. The number of morpholine rings is 1. The number of carbonyl (C=O) groups is 1. The largest absolute Gasteiger partial charge is 0.373 e. The zero-order valence-electron chi connectivity index (χ0n) is 14.0. The topological polar surface area (TPSA) is 57.7 Å². The van der Waals surface area contributed by atoms with Crippen LogP contribution in [0.1, 0.15) is 18.5 Å². The maximum atomic E-state index is 12.4. The van der Waals surface area contributed by atoms with Gasteiger partial charge in [-0.2, -0.15) is 0 Å². The van der Waals surface area contributed by atoms with Gasteiger partial charge >= 0.3 is 6.03 Å². The first-order valence-corrected chi connectivity index (χ1v) is 8.39. The summed E-state index contributed by atoms with van der Waals surface area (Å²) in [5, 5.41) is 2.91.